The number of unbranched alkanes of at least 4 members (excludes halogenated alkanes) is 1. The summed E-state index contributed by atoms with van der Waals surface area (Å²) in [7, 11) is 7.23. The summed E-state index contributed by atoms with van der Waals surface area (Å²) >= 11 is -0.826. The molecule has 264 valence electrons. The van der Waals surface area contributed by atoms with Crippen LogP contribution in [-0.4, -0.2) is 15.2 Å². The molecule has 0 heterocycles. The van der Waals surface area contributed by atoms with E-state index in [9.17, 15) is 0 Å². The Morgan fingerprint density at radius 2 is 1.30 bits per heavy atom. The number of fused-ring (bicyclic) bond motifs is 2. The summed E-state index contributed by atoms with van der Waals surface area (Å²) in [6.45, 7) is 28.6. The zero-order chi connectivity index (χ0) is 32.7. The van der Waals surface area contributed by atoms with Crippen molar-refractivity contribution in [2.24, 2.45) is 29.6 Å². The number of hydrogen-bond acceptors (Lipinski definition) is 0. The van der Waals surface area contributed by atoms with Gasteiger partial charge < -0.3 is 14.9 Å². The maximum absolute atomic E-state index is 4.93. The molecule has 0 radical (unpaired) electrons. The van der Waals surface area contributed by atoms with E-state index in [0.29, 0.717) is 0 Å². The number of halogens is 2. The topological polar surface area (TPSA) is 0 Å². The van der Waals surface area contributed by atoms with Crippen LogP contribution in [-0.2, 0) is 31.7 Å². The SMILES string of the molecule is CCCCC1CCC([Si](C)(C)[Si](C)(C)C2CCC3C2CC2CCCC2C3c2cc(C(C)(C)C)cc(C(C)(C)C)c2)C1.[CH3-].[CH3-].[Cl][Zr+2][Cl]. The van der Waals surface area contributed by atoms with E-state index in [1.54, 1.807) is 48.8 Å². The Morgan fingerprint density at radius 1 is 0.717 bits per heavy atom. The first-order chi connectivity index (χ1) is 20.5. The van der Waals surface area contributed by atoms with Crippen molar-refractivity contribution in [3.8, 4) is 0 Å². The second-order valence-electron chi connectivity index (χ2n) is 19.0. The van der Waals surface area contributed by atoms with E-state index in [1.165, 1.54) is 44.9 Å². The molecule has 1 aromatic carbocycles. The summed E-state index contributed by atoms with van der Waals surface area (Å²) in [6, 6.07) is 7.98. The van der Waals surface area contributed by atoms with E-state index >= 15 is 0 Å². The summed E-state index contributed by atoms with van der Waals surface area (Å²) < 4.78 is 0. The third-order valence-corrected chi connectivity index (χ3v) is 35.0. The molecule has 5 rings (SSSR count). The van der Waals surface area contributed by atoms with Gasteiger partial charge in [0, 0.05) is 15.2 Å². The van der Waals surface area contributed by atoms with Crippen molar-refractivity contribution in [1.29, 1.82) is 0 Å². The minimum absolute atomic E-state index is 0. The van der Waals surface area contributed by atoms with Crippen LogP contribution in [0.4, 0.5) is 0 Å². The second kappa shape index (κ2) is 17.1. The Bertz CT molecular complexity index is 1050. The third kappa shape index (κ3) is 9.12. The van der Waals surface area contributed by atoms with Crippen LogP contribution in [0, 0.1) is 44.4 Å². The predicted octanol–water partition coefficient (Wildman–Crippen LogP) is 14.7. The Hall–Kier alpha value is 1.12. The van der Waals surface area contributed by atoms with Crippen LogP contribution in [0.3, 0.4) is 0 Å². The first-order valence-electron chi connectivity index (χ1n) is 18.6. The van der Waals surface area contributed by atoms with Gasteiger partial charge in [-0.15, -0.1) is 0 Å². The van der Waals surface area contributed by atoms with Gasteiger partial charge in [0.15, 0.2) is 0 Å². The van der Waals surface area contributed by atoms with E-state index < -0.39 is 36.0 Å². The Morgan fingerprint density at radius 3 is 1.85 bits per heavy atom. The van der Waals surface area contributed by atoms with Crippen LogP contribution >= 0.6 is 17.0 Å². The molecular formula is C41H74Cl2Si2Zr. The summed E-state index contributed by atoms with van der Waals surface area (Å²) in [5, 5.41) is 0. The van der Waals surface area contributed by atoms with Gasteiger partial charge in [-0.1, -0.05) is 151 Å². The fraction of sp³-hybridized carbons (Fsp3) is 0.805. The zero-order valence-corrected chi connectivity index (χ0v) is 38.6. The van der Waals surface area contributed by atoms with E-state index in [1.807, 2.05) is 0 Å². The zero-order valence-electron chi connectivity index (χ0n) is 32.6. The van der Waals surface area contributed by atoms with Gasteiger partial charge in [-0.3, -0.25) is 0 Å². The second-order valence-corrected chi connectivity index (χ2v) is 38.9. The van der Waals surface area contributed by atoms with Crippen LogP contribution < -0.4 is 0 Å². The molecule has 0 saturated heterocycles. The molecule has 0 nitrogen and oxygen atoms in total. The molecule has 8 atom stereocenters. The van der Waals surface area contributed by atoms with Gasteiger partial charge in [-0.2, -0.15) is 0 Å². The molecule has 0 bridgehead atoms. The molecule has 1 aromatic rings. The van der Waals surface area contributed by atoms with Gasteiger partial charge in [0.05, 0.1) is 0 Å². The number of rotatable bonds is 7. The van der Waals surface area contributed by atoms with Gasteiger partial charge in [0.1, 0.15) is 0 Å². The summed E-state index contributed by atoms with van der Waals surface area (Å²) in [4.78, 5) is 0. The molecule has 4 saturated carbocycles. The van der Waals surface area contributed by atoms with Crippen LogP contribution in [0.1, 0.15) is 148 Å². The van der Waals surface area contributed by atoms with Gasteiger partial charge in [0.25, 0.3) is 0 Å². The molecule has 5 heteroatoms. The Labute approximate surface area is 309 Å². The molecule has 0 N–H and O–H groups in total. The molecule has 4 fully saturated rings. The summed E-state index contributed by atoms with van der Waals surface area (Å²) in [5.41, 5.74) is 7.51. The molecule has 4 aliphatic carbocycles. The number of benzene rings is 1. The van der Waals surface area contributed by atoms with Crippen molar-refractivity contribution in [3.63, 3.8) is 0 Å². The van der Waals surface area contributed by atoms with Crippen LogP contribution in [0.25, 0.3) is 0 Å². The molecule has 0 aromatic heterocycles. The van der Waals surface area contributed by atoms with Gasteiger partial charge in [0.2, 0.25) is 0 Å². The van der Waals surface area contributed by atoms with E-state index in [4.69, 9.17) is 17.0 Å². The fourth-order valence-corrected chi connectivity index (χ4v) is 25.0. The summed E-state index contributed by atoms with van der Waals surface area (Å²) in [6.07, 6.45) is 18.3. The first-order valence-corrected chi connectivity index (χ1v) is 32.1. The van der Waals surface area contributed by atoms with Gasteiger partial charge >= 0.3 is 37.9 Å². The van der Waals surface area contributed by atoms with Crippen LogP contribution in [0.15, 0.2) is 18.2 Å². The quantitative estimate of drug-likeness (QED) is 0.191. The molecule has 46 heavy (non-hydrogen) atoms. The van der Waals surface area contributed by atoms with Crippen molar-refractivity contribution >= 4 is 32.2 Å². The van der Waals surface area contributed by atoms with Crippen molar-refractivity contribution in [2.75, 3.05) is 0 Å². The molecule has 4 aliphatic rings. The standard InChI is InChI=1S/C39H68Si2.2CH3.2ClH.Zr/c1-12-13-15-27-18-19-32(22-27)40(8,9)41(10,11)36-21-20-34-35(36)25-28-16-14-17-33(28)37(34)29-23-30(38(2,3)4)26-31(24-29)39(5,6)7;;;;;/h23-24,26-28,32-37H,12-22,25H2,1-11H3;2*1H3;2*1H;/q;2*-1;;;+4/p-2. The normalized spacial score (nSPS) is 31.1. The van der Waals surface area contributed by atoms with Crippen molar-refractivity contribution < 1.29 is 20.8 Å². The molecule has 0 aliphatic heterocycles. The Kier molecular flexibility index (Phi) is 16.1. The first kappa shape index (κ1) is 43.3. The molecule has 8 unspecified atom stereocenters. The minimum atomic E-state index is -1.35. The monoisotopic (exact) mass is 782 g/mol. The third-order valence-electron chi connectivity index (χ3n) is 14.3. The number of hydrogen-bond donors (Lipinski definition) is 0. The van der Waals surface area contributed by atoms with Gasteiger partial charge in [-0.05, 0) is 93.4 Å². The van der Waals surface area contributed by atoms with E-state index in [-0.39, 0.29) is 25.7 Å². The Balaban J connectivity index is 0.00000142. The van der Waals surface area contributed by atoms with Crippen molar-refractivity contribution in [2.45, 2.75) is 180 Å². The maximum atomic E-state index is 4.93. The average Bonchev–Trinajstić information content (AvgIpc) is 3.69. The average molecular weight is 785 g/mol. The van der Waals surface area contributed by atoms with Crippen molar-refractivity contribution in [3.05, 3.63) is 49.7 Å². The van der Waals surface area contributed by atoms with Crippen molar-refractivity contribution in [1.82, 2.24) is 0 Å². The molecule has 0 spiro atoms. The van der Waals surface area contributed by atoms with E-state index in [0.717, 1.165) is 46.6 Å². The molecule has 0 amide bonds. The van der Waals surface area contributed by atoms with Gasteiger partial charge in [-0.25, -0.2) is 0 Å². The predicted molar refractivity (Wildman–Crippen MR) is 212 cm³/mol. The fourth-order valence-electron chi connectivity index (χ4n) is 11.0. The van der Waals surface area contributed by atoms with Crippen LogP contribution in [0.5, 0.6) is 0 Å². The van der Waals surface area contributed by atoms with E-state index in [2.05, 4.69) is 92.9 Å². The summed E-state index contributed by atoms with van der Waals surface area (Å²) in [5.74, 6) is 5.77. The molecular weight excluding hydrogens is 711 g/mol. The van der Waals surface area contributed by atoms with Crippen LogP contribution in [0.2, 0.25) is 37.3 Å².